The fourth-order valence-electron chi connectivity index (χ4n) is 2.90. The Balaban J connectivity index is 1.50. The predicted molar refractivity (Wildman–Crippen MR) is 105 cm³/mol. The van der Waals surface area contributed by atoms with Crippen LogP contribution in [-0.4, -0.2) is 27.4 Å². The van der Waals surface area contributed by atoms with Gasteiger partial charge in [-0.3, -0.25) is 4.79 Å². The van der Waals surface area contributed by atoms with Gasteiger partial charge in [-0.2, -0.15) is 0 Å². The van der Waals surface area contributed by atoms with Crippen molar-refractivity contribution in [3.63, 3.8) is 0 Å². The van der Waals surface area contributed by atoms with E-state index in [4.69, 9.17) is 0 Å². The Kier molecular flexibility index (Phi) is 6.69. The van der Waals surface area contributed by atoms with E-state index in [-0.39, 0.29) is 11.2 Å². The number of para-hydroxylation sites is 1. The number of hydrogen-bond donors (Lipinski definition) is 2. The van der Waals surface area contributed by atoms with E-state index in [9.17, 15) is 4.79 Å². The lowest BCUT2D eigenvalue weighted by atomic mass is 10.1. The fourth-order valence-corrected chi connectivity index (χ4v) is 4.83. The maximum absolute atomic E-state index is 12.4. The predicted octanol–water partition coefficient (Wildman–Crippen LogP) is 4.60. The summed E-state index contributed by atoms with van der Waals surface area (Å²) in [6.45, 7) is 1.93. The van der Waals surface area contributed by atoms with Crippen molar-refractivity contribution < 1.29 is 4.79 Å². The molecule has 0 saturated heterocycles. The number of thioether (sulfide) groups is 1. The van der Waals surface area contributed by atoms with Crippen molar-refractivity contribution in [3.05, 3.63) is 30.3 Å². The van der Waals surface area contributed by atoms with Crippen molar-refractivity contribution in [1.29, 1.82) is 0 Å². The summed E-state index contributed by atoms with van der Waals surface area (Å²) in [5.74, 6) is 0.102. The molecule has 1 aromatic carbocycles. The largest absolute Gasteiger partial charge is 0.352 e. The average molecular weight is 377 g/mol. The second-order valence-corrected chi connectivity index (χ2v) is 8.89. The van der Waals surface area contributed by atoms with Crippen LogP contribution in [0.2, 0.25) is 0 Å². The van der Waals surface area contributed by atoms with Gasteiger partial charge in [-0.1, -0.05) is 67.0 Å². The Hall–Kier alpha value is -1.60. The maximum Gasteiger partial charge on any atom is 0.233 e. The van der Waals surface area contributed by atoms with Crippen LogP contribution in [-0.2, 0) is 4.79 Å². The van der Waals surface area contributed by atoms with Crippen molar-refractivity contribution in [2.24, 2.45) is 0 Å². The zero-order valence-electron chi connectivity index (χ0n) is 14.4. The SMILES string of the molecule is C[C@H](Sc1nnc(Nc2ccccc2)s1)C(=O)NC1CCCCCC1. The van der Waals surface area contributed by atoms with Crippen LogP contribution in [0.25, 0.3) is 0 Å². The molecule has 1 aromatic heterocycles. The highest BCUT2D eigenvalue weighted by atomic mass is 32.2. The van der Waals surface area contributed by atoms with Gasteiger partial charge in [0.05, 0.1) is 5.25 Å². The number of carbonyl (C=O) groups is 1. The van der Waals surface area contributed by atoms with Gasteiger partial charge in [-0.05, 0) is 31.9 Å². The van der Waals surface area contributed by atoms with Crippen LogP contribution in [0.5, 0.6) is 0 Å². The first-order chi connectivity index (χ1) is 12.2. The smallest absolute Gasteiger partial charge is 0.233 e. The third-order valence-corrected chi connectivity index (χ3v) is 6.30. The van der Waals surface area contributed by atoms with Gasteiger partial charge >= 0.3 is 0 Å². The summed E-state index contributed by atoms with van der Waals surface area (Å²) in [6, 6.07) is 10.2. The molecular weight excluding hydrogens is 352 g/mol. The lowest BCUT2D eigenvalue weighted by Crippen LogP contribution is -2.39. The first-order valence-electron chi connectivity index (χ1n) is 8.83. The lowest BCUT2D eigenvalue weighted by molar-refractivity contribution is -0.121. The first-order valence-corrected chi connectivity index (χ1v) is 10.5. The van der Waals surface area contributed by atoms with Crippen molar-refractivity contribution in [2.45, 2.75) is 61.1 Å². The number of benzene rings is 1. The zero-order chi connectivity index (χ0) is 17.5. The minimum atomic E-state index is -0.166. The average Bonchev–Trinajstić information content (AvgIpc) is 2.89. The molecule has 7 heteroatoms. The number of carbonyl (C=O) groups excluding carboxylic acids is 1. The van der Waals surface area contributed by atoms with Crippen molar-refractivity contribution in [3.8, 4) is 0 Å². The number of hydrogen-bond acceptors (Lipinski definition) is 6. The molecule has 0 radical (unpaired) electrons. The molecule has 134 valence electrons. The number of rotatable bonds is 6. The maximum atomic E-state index is 12.4. The van der Waals surface area contributed by atoms with Gasteiger partial charge in [0.15, 0.2) is 4.34 Å². The van der Waals surface area contributed by atoms with Crippen LogP contribution >= 0.6 is 23.1 Å². The summed E-state index contributed by atoms with van der Waals surface area (Å²) in [7, 11) is 0. The number of aromatic nitrogens is 2. The molecule has 3 rings (SSSR count). The van der Waals surface area contributed by atoms with Gasteiger partial charge in [0.25, 0.3) is 0 Å². The Bertz CT molecular complexity index is 669. The highest BCUT2D eigenvalue weighted by Crippen LogP contribution is 2.30. The van der Waals surface area contributed by atoms with Crippen LogP contribution in [0.1, 0.15) is 45.4 Å². The number of amides is 1. The molecular formula is C18H24N4OS2. The molecule has 1 atom stereocenters. The number of nitrogens with one attached hydrogen (secondary N) is 2. The molecule has 5 nitrogen and oxygen atoms in total. The monoisotopic (exact) mass is 376 g/mol. The molecule has 1 fully saturated rings. The molecule has 0 bridgehead atoms. The highest BCUT2D eigenvalue weighted by molar-refractivity contribution is 8.02. The molecule has 1 heterocycles. The van der Waals surface area contributed by atoms with Gasteiger partial charge in [0.1, 0.15) is 0 Å². The molecule has 2 N–H and O–H groups in total. The van der Waals surface area contributed by atoms with Crippen molar-refractivity contribution in [2.75, 3.05) is 5.32 Å². The Morgan fingerprint density at radius 3 is 2.60 bits per heavy atom. The third-order valence-electron chi connectivity index (χ3n) is 4.28. The van der Waals surface area contributed by atoms with E-state index >= 15 is 0 Å². The van der Waals surface area contributed by atoms with E-state index in [1.165, 1.54) is 48.8 Å². The van der Waals surface area contributed by atoms with E-state index < -0.39 is 0 Å². The minimum absolute atomic E-state index is 0.102. The van der Waals surface area contributed by atoms with E-state index in [1.807, 2.05) is 37.3 Å². The summed E-state index contributed by atoms with van der Waals surface area (Å²) in [5, 5.41) is 15.4. The molecule has 0 aliphatic heterocycles. The minimum Gasteiger partial charge on any atom is -0.352 e. The second kappa shape index (κ2) is 9.20. The zero-order valence-corrected chi connectivity index (χ0v) is 16.0. The molecule has 0 unspecified atom stereocenters. The van der Waals surface area contributed by atoms with Gasteiger partial charge in [-0.15, -0.1) is 10.2 Å². The quantitative estimate of drug-likeness (QED) is 0.570. The first kappa shape index (κ1) is 18.2. The molecule has 1 aliphatic carbocycles. The van der Waals surface area contributed by atoms with Crippen molar-refractivity contribution in [1.82, 2.24) is 15.5 Å². The summed E-state index contributed by atoms with van der Waals surface area (Å²) < 4.78 is 0.807. The summed E-state index contributed by atoms with van der Waals surface area (Å²) in [4.78, 5) is 12.4. The van der Waals surface area contributed by atoms with E-state index in [0.717, 1.165) is 28.0 Å². The molecule has 0 spiro atoms. The second-order valence-electron chi connectivity index (χ2n) is 6.32. The van der Waals surface area contributed by atoms with Crippen molar-refractivity contribution >= 4 is 39.8 Å². The van der Waals surface area contributed by atoms with Crippen LogP contribution in [0.15, 0.2) is 34.7 Å². The summed E-state index contributed by atoms with van der Waals surface area (Å²) in [5.41, 5.74) is 0.981. The van der Waals surface area contributed by atoms with Crippen LogP contribution < -0.4 is 10.6 Å². The Morgan fingerprint density at radius 2 is 1.88 bits per heavy atom. The highest BCUT2D eigenvalue weighted by Gasteiger charge is 2.21. The molecule has 1 amide bonds. The number of nitrogens with zero attached hydrogens (tertiary/aromatic N) is 2. The van der Waals surface area contributed by atoms with E-state index in [1.54, 1.807) is 0 Å². The fraction of sp³-hybridized carbons (Fsp3) is 0.500. The van der Waals surface area contributed by atoms with Gasteiger partial charge in [0, 0.05) is 11.7 Å². The Morgan fingerprint density at radius 1 is 1.16 bits per heavy atom. The third kappa shape index (κ3) is 5.71. The van der Waals surface area contributed by atoms with Crippen LogP contribution in [0.4, 0.5) is 10.8 Å². The standard InChI is InChI=1S/C18H24N4OS2/c1-13(16(23)19-14-9-5-2-3-6-10-14)24-18-22-21-17(25-18)20-15-11-7-4-8-12-15/h4,7-8,11-14H,2-3,5-6,9-10H2,1H3,(H,19,23)(H,20,21)/t13-/m0/s1. The topological polar surface area (TPSA) is 66.9 Å². The molecule has 1 saturated carbocycles. The van der Waals surface area contributed by atoms with Gasteiger partial charge in [0.2, 0.25) is 11.0 Å². The van der Waals surface area contributed by atoms with E-state index in [0.29, 0.717) is 6.04 Å². The lowest BCUT2D eigenvalue weighted by Gasteiger charge is -2.18. The van der Waals surface area contributed by atoms with Gasteiger partial charge in [-0.25, -0.2) is 0 Å². The molecule has 2 aromatic rings. The summed E-state index contributed by atoms with van der Waals surface area (Å²) in [6.07, 6.45) is 7.23. The van der Waals surface area contributed by atoms with Crippen LogP contribution in [0.3, 0.4) is 0 Å². The number of anilines is 2. The van der Waals surface area contributed by atoms with Crippen LogP contribution in [0, 0.1) is 0 Å². The Labute approximate surface area is 157 Å². The summed E-state index contributed by atoms with van der Waals surface area (Å²) >= 11 is 2.94. The van der Waals surface area contributed by atoms with E-state index in [2.05, 4.69) is 20.8 Å². The molecule has 1 aliphatic rings. The normalized spacial score (nSPS) is 16.8. The molecule has 25 heavy (non-hydrogen) atoms. The van der Waals surface area contributed by atoms with Gasteiger partial charge < -0.3 is 10.6 Å².